The molecule has 0 fully saturated rings. The average molecular weight is 521 g/mol. The molecule has 0 spiro atoms. The molecule has 2 N–H and O–H groups in total. The molecule has 0 aliphatic heterocycles. The molecule has 0 bridgehead atoms. The Morgan fingerprint density at radius 3 is 2.69 bits per heavy atom. The van der Waals surface area contributed by atoms with Gasteiger partial charge in [0.15, 0.2) is 5.96 Å². The van der Waals surface area contributed by atoms with Gasteiger partial charge in [-0.3, -0.25) is 0 Å². The standard InChI is InChI=1S/C20H29F2N5O.HI/c1-4-23-20(25-9-5-6-11-27-12-10-24-16(27)3)26-14-17-13-15(2)7-8-18(17)28-19(21)22;/h7-8,10,12-13,19H,4-6,9,11,14H2,1-3H3,(H2,23,25,26);1H. The number of unbranched alkanes of at least 4 members (excludes halogenated alkanes) is 1. The smallest absolute Gasteiger partial charge is 0.387 e. The van der Waals surface area contributed by atoms with E-state index in [4.69, 9.17) is 0 Å². The Kier molecular flexibility index (Phi) is 11.6. The molecule has 9 heteroatoms. The quantitative estimate of drug-likeness (QED) is 0.213. The summed E-state index contributed by atoms with van der Waals surface area (Å²) < 4.78 is 31.9. The first kappa shape index (κ1) is 25.1. The number of nitrogens with one attached hydrogen (secondary N) is 2. The Morgan fingerprint density at radius 2 is 2.03 bits per heavy atom. The molecule has 0 radical (unpaired) electrons. The molecule has 0 unspecified atom stereocenters. The Labute approximate surface area is 188 Å². The zero-order valence-electron chi connectivity index (χ0n) is 17.1. The van der Waals surface area contributed by atoms with Gasteiger partial charge in [0.25, 0.3) is 0 Å². The van der Waals surface area contributed by atoms with Crippen molar-refractivity contribution in [1.82, 2.24) is 20.2 Å². The van der Waals surface area contributed by atoms with Crippen molar-refractivity contribution in [3.63, 3.8) is 0 Å². The van der Waals surface area contributed by atoms with Gasteiger partial charge in [-0.1, -0.05) is 17.7 Å². The predicted molar refractivity (Wildman–Crippen MR) is 122 cm³/mol. The summed E-state index contributed by atoms with van der Waals surface area (Å²) in [5.41, 5.74) is 1.60. The van der Waals surface area contributed by atoms with Crippen LogP contribution in [-0.4, -0.2) is 35.2 Å². The third-order valence-corrected chi connectivity index (χ3v) is 4.23. The van der Waals surface area contributed by atoms with E-state index >= 15 is 0 Å². The maximum Gasteiger partial charge on any atom is 0.387 e. The number of benzene rings is 1. The van der Waals surface area contributed by atoms with Crippen LogP contribution in [0.4, 0.5) is 8.78 Å². The van der Waals surface area contributed by atoms with Crippen LogP contribution >= 0.6 is 24.0 Å². The molecule has 0 saturated carbocycles. The van der Waals surface area contributed by atoms with E-state index in [0.29, 0.717) is 18.1 Å². The van der Waals surface area contributed by atoms with E-state index in [1.807, 2.05) is 33.0 Å². The number of hydrogen-bond donors (Lipinski definition) is 2. The minimum absolute atomic E-state index is 0. The first-order valence-corrected chi connectivity index (χ1v) is 9.54. The summed E-state index contributed by atoms with van der Waals surface area (Å²) in [5.74, 6) is 1.84. The fourth-order valence-corrected chi connectivity index (χ4v) is 2.80. The molecule has 0 aliphatic rings. The summed E-state index contributed by atoms with van der Waals surface area (Å²) in [6, 6.07) is 5.12. The lowest BCUT2D eigenvalue weighted by molar-refractivity contribution is -0.0504. The highest BCUT2D eigenvalue weighted by molar-refractivity contribution is 14.0. The van der Waals surface area contributed by atoms with Crippen molar-refractivity contribution < 1.29 is 13.5 Å². The lowest BCUT2D eigenvalue weighted by atomic mass is 10.1. The molecule has 2 aromatic rings. The maximum absolute atomic E-state index is 12.6. The van der Waals surface area contributed by atoms with E-state index in [1.54, 1.807) is 18.3 Å². The van der Waals surface area contributed by atoms with Crippen LogP contribution in [-0.2, 0) is 13.1 Å². The van der Waals surface area contributed by atoms with Crippen molar-refractivity contribution in [1.29, 1.82) is 0 Å². The molecule has 0 amide bonds. The van der Waals surface area contributed by atoms with Gasteiger partial charge in [-0.25, -0.2) is 9.98 Å². The van der Waals surface area contributed by atoms with Crippen LogP contribution in [0.15, 0.2) is 35.6 Å². The van der Waals surface area contributed by atoms with Gasteiger partial charge in [-0.15, -0.1) is 24.0 Å². The van der Waals surface area contributed by atoms with Crippen LogP contribution in [0.1, 0.15) is 36.7 Å². The average Bonchev–Trinajstić information content (AvgIpc) is 3.06. The Balaban J connectivity index is 0.00000420. The Hall–Kier alpha value is -1.91. The Morgan fingerprint density at radius 1 is 1.24 bits per heavy atom. The number of aliphatic imine (C=N–C) groups is 1. The van der Waals surface area contributed by atoms with Crippen LogP contribution in [0.2, 0.25) is 0 Å². The van der Waals surface area contributed by atoms with Crippen molar-refractivity contribution in [3.8, 4) is 5.75 Å². The zero-order valence-corrected chi connectivity index (χ0v) is 19.5. The first-order valence-electron chi connectivity index (χ1n) is 9.54. The van der Waals surface area contributed by atoms with Gasteiger partial charge in [-0.05, 0) is 39.7 Å². The minimum Gasteiger partial charge on any atom is -0.434 e. The van der Waals surface area contributed by atoms with Gasteiger partial charge < -0.3 is 19.9 Å². The number of halogens is 3. The molecule has 1 heterocycles. The van der Waals surface area contributed by atoms with Crippen LogP contribution in [0.25, 0.3) is 0 Å². The predicted octanol–water partition coefficient (Wildman–Crippen LogP) is 4.25. The molecule has 0 atom stereocenters. The summed E-state index contributed by atoms with van der Waals surface area (Å²) in [6.45, 7) is 5.71. The molecule has 0 saturated heterocycles. The van der Waals surface area contributed by atoms with E-state index in [9.17, 15) is 8.78 Å². The number of ether oxygens (including phenoxy) is 1. The van der Waals surface area contributed by atoms with Crippen LogP contribution < -0.4 is 15.4 Å². The van der Waals surface area contributed by atoms with E-state index in [-0.39, 0.29) is 36.3 Å². The molecular weight excluding hydrogens is 491 g/mol. The fraction of sp³-hybridized carbons (Fsp3) is 0.500. The number of imidazole rings is 1. The van der Waals surface area contributed by atoms with E-state index in [1.165, 1.54) is 0 Å². The van der Waals surface area contributed by atoms with Crippen molar-refractivity contribution >= 4 is 29.9 Å². The monoisotopic (exact) mass is 521 g/mol. The summed E-state index contributed by atoms with van der Waals surface area (Å²) in [7, 11) is 0. The molecule has 0 aliphatic carbocycles. The second-order valence-corrected chi connectivity index (χ2v) is 6.49. The third-order valence-electron chi connectivity index (χ3n) is 4.23. The highest BCUT2D eigenvalue weighted by atomic mass is 127. The molecule has 29 heavy (non-hydrogen) atoms. The molecular formula is C20H30F2IN5O. The lowest BCUT2D eigenvalue weighted by Gasteiger charge is -2.13. The van der Waals surface area contributed by atoms with Crippen LogP contribution in [0, 0.1) is 13.8 Å². The number of nitrogens with zero attached hydrogens (tertiary/aromatic N) is 3. The number of hydrogen-bond acceptors (Lipinski definition) is 3. The molecule has 1 aromatic carbocycles. The second-order valence-electron chi connectivity index (χ2n) is 6.49. The number of guanidine groups is 1. The SMILES string of the molecule is CCNC(=NCc1cc(C)ccc1OC(F)F)NCCCCn1ccnc1C.I. The van der Waals surface area contributed by atoms with Crippen molar-refractivity contribution in [2.75, 3.05) is 13.1 Å². The van der Waals surface area contributed by atoms with E-state index in [2.05, 4.69) is 29.9 Å². The van der Waals surface area contributed by atoms with E-state index in [0.717, 1.165) is 37.3 Å². The number of alkyl halides is 2. The summed E-state index contributed by atoms with van der Waals surface area (Å²) >= 11 is 0. The van der Waals surface area contributed by atoms with Crippen LogP contribution in [0.3, 0.4) is 0 Å². The lowest BCUT2D eigenvalue weighted by Crippen LogP contribution is -2.37. The molecule has 1 aromatic heterocycles. The molecule has 6 nitrogen and oxygen atoms in total. The largest absolute Gasteiger partial charge is 0.434 e. The van der Waals surface area contributed by atoms with Gasteiger partial charge in [-0.2, -0.15) is 8.78 Å². The summed E-state index contributed by atoms with van der Waals surface area (Å²) in [6.07, 6.45) is 5.79. The number of aromatic nitrogens is 2. The Bertz CT molecular complexity index is 767. The van der Waals surface area contributed by atoms with Gasteiger partial charge >= 0.3 is 6.61 Å². The van der Waals surface area contributed by atoms with E-state index < -0.39 is 6.61 Å². The molecule has 162 valence electrons. The summed E-state index contributed by atoms with van der Waals surface area (Å²) in [5, 5.41) is 6.46. The van der Waals surface area contributed by atoms with Gasteiger partial charge in [0.05, 0.1) is 6.54 Å². The number of rotatable bonds is 10. The normalized spacial score (nSPS) is 11.3. The van der Waals surface area contributed by atoms with Crippen molar-refractivity contribution in [2.24, 2.45) is 4.99 Å². The van der Waals surface area contributed by atoms with Gasteiger partial charge in [0.1, 0.15) is 11.6 Å². The third kappa shape index (κ3) is 8.97. The fourth-order valence-electron chi connectivity index (χ4n) is 2.80. The maximum atomic E-state index is 12.6. The van der Waals surface area contributed by atoms with Gasteiger partial charge in [0, 0.05) is 37.6 Å². The van der Waals surface area contributed by atoms with Crippen molar-refractivity contribution in [3.05, 3.63) is 47.5 Å². The summed E-state index contributed by atoms with van der Waals surface area (Å²) in [4.78, 5) is 8.72. The minimum atomic E-state index is -2.85. The molecule has 2 rings (SSSR count). The zero-order chi connectivity index (χ0) is 20.4. The second kappa shape index (κ2) is 13.3. The number of aryl methyl sites for hydroxylation is 3. The van der Waals surface area contributed by atoms with Crippen LogP contribution in [0.5, 0.6) is 5.75 Å². The van der Waals surface area contributed by atoms with Crippen molar-refractivity contribution in [2.45, 2.75) is 53.3 Å². The topological polar surface area (TPSA) is 63.5 Å². The highest BCUT2D eigenvalue weighted by Crippen LogP contribution is 2.22. The first-order chi connectivity index (χ1) is 13.5. The van der Waals surface area contributed by atoms with Gasteiger partial charge in [0.2, 0.25) is 0 Å². The highest BCUT2D eigenvalue weighted by Gasteiger charge is 2.10.